The standard InChI is InChI=1S/C5H8O6P.U/c6-1-3-5-4(2-9-3)10-12(7,8)11-5;/h2-6H,1H2,(H,7,8);/q-1;/t3-,4?,5?;/m1./s1. The molecular weight excluding hydrogens is 425 g/mol. The maximum atomic E-state index is 10.8. The Labute approximate surface area is 98.5 Å². The van der Waals surface area contributed by atoms with Gasteiger partial charge in [0.15, 0.2) is 0 Å². The van der Waals surface area contributed by atoms with Crippen LogP contribution < -0.4 is 0 Å². The van der Waals surface area contributed by atoms with E-state index in [1.54, 1.807) is 0 Å². The van der Waals surface area contributed by atoms with Gasteiger partial charge in [-0.15, -0.1) is 0 Å². The van der Waals surface area contributed by atoms with E-state index in [0.29, 0.717) is 0 Å². The third-order valence-electron chi connectivity index (χ3n) is 1.77. The summed E-state index contributed by atoms with van der Waals surface area (Å²) >= 11 is 0. The molecule has 2 aliphatic rings. The molecule has 0 amide bonds. The van der Waals surface area contributed by atoms with E-state index in [4.69, 9.17) is 14.7 Å². The molecule has 2 saturated heterocycles. The molecule has 74 valence electrons. The van der Waals surface area contributed by atoms with E-state index in [-0.39, 0.29) is 37.7 Å². The molecule has 2 heterocycles. The van der Waals surface area contributed by atoms with Crippen molar-refractivity contribution in [1.82, 2.24) is 0 Å². The van der Waals surface area contributed by atoms with Crippen LogP contribution in [0.5, 0.6) is 0 Å². The van der Waals surface area contributed by atoms with Crippen LogP contribution in [-0.2, 0) is 18.3 Å². The van der Waals surface area contributed by atoms with E-state index < -0.39 is 26.1 Å². The Morgan fingerprint density at radius 2 is 2.15 bits per heavy atom. The fourth-order valence-electron chi connectivity index (χ4n) is 1.24. The Hall–Kier alpha value is 1.08. The van der Waals surface area contributed by atoms with Gasteiger partial charge in [0.1, 0.15) is 0 Å². The first-order valence-electron chi connectivity index (χ1n) is 3.42. The minimum atomic E-state index is -3.89. The van der Waals surface area contributed by atoms with Crippen molar-refractivity contribution in [2.75, 3.05) is 6.61 Å². The Morgan fingerprint density at radius 1 is 1.46 bits per heavy atom. The molecule has 0 aliphatic carbocycles. The van der Waals surface area contributed by atoms with Gasteiger partial charge < -0.3 is 19.3 Å². The minimum absolute atomic E-state index is 0. The summed E-state index contributed by atoms with van der Waals surface area (Å²) in [5, 5.41) is 8.73. The van der Waals surface area contributed by atoms with Crippen molar-refractivity contribution in [2.45, 2.75) is 18.3 Å². The molecule has 6 nitrogen and oxygen atoms in total. The van der Waals surface area contributed by atoms with E-state index in [9.17, 15) is 4.57 Å². The predicted molar refractivity (Wildman–Crippen MR) is 35.8 cm³/mol. The van der Waals surface area contributed by atoms with E-state index in [2.05, 4.69) is 9.05 Å². The normalized spacial score (nSPS) is 48.6. The van der Waals surface area contributed by atoms with Gasteiger partial charge in [0, 0.05) is 31.1 Å². The molecule has 2 aliphatic heterocycles. The van der Waals surface area contributed by atoms with Crippen molar-refractivity contribution in [3.8, 4) is 0 Å². The first kappa shape index (κ1) is 12.2. The van der Waals surface area contributed by atoms with Crippen LogP contribution in [0.2, 0.25) is 0 Å². The molecule has 0 saturated carbocycles. The minimum Gasteiger partial charge on any atom is -0.544 e. The van der Waals surface area contributed by atoms with E-state index in [0.717, 1.165) is 0 Å². The summed E-state index contributed by atoms with van der Waals surface area (Å²) < 4.78 is 25.0. The second kappa shape index (κ2) is 4.30. The molecule has 0 aromatic carbocycles. The second-order valence-electron chi connectivity index (χ2n) is 2.60. The zero-order valence-corrected chi connectivity index (χ0v) is 11.5. The zero-order valence-electron chi connectivity index (χ0n) is 6.49. The van der Waals surface area contributed by atoms with Gasteiger partial charge in [-0.1, -0.05) is 0 Å². The first-order chi connectivity index (χ1) is 5.62. The number of hydrogen-bond donors (Lipinski definition) is 2. The van der Waals surface area contributed by atoms with Gasteiger partial charge >= 0.3 is 7.82 Å². The van der Waals surface area contributed by atoms with Crippen molar-refractivity contribution in [2.24, 2.45) is 0 Å². The third kappa shape index (κ3) is 2.36. The van der Waals surface area contributed by atoms with Crippen LogP contribution in [0.4, 0.5) is 0 Å². The average Bonchev–Trinajstić information content (AvgIpc) is 2.42. The Kier molecular flexibility index (Phi) is 4.02. The molecule has 0 bridgehead atoms. The fraction of sp³-hybridized carbons (Fsp3) is 0.800. The number of rotatable bonds is 1. The number of aliphatic hydroxyl groups is 1. The summed E-state index contributed by atoms with van der Waals surface area (Å²) in [6.45, 7) is 1.00. The number of ether oxygens (including phenoxy) is 1. The summed E-state index contributed by atoms with van der Waals surface area (Å²) in [5.41, 5.74) is 0. The van der Waals surface area contributed by atoms with E-state index in [1.807, 2.05) is 0 Å². The van der Waals surface area contributed by atoms with Crippen molar-refractivity contribution >= 4 is 7.82 Å². The van der Waals surface area contributed by atoms with Crippen LogP contribution in [0.15, 0.2) is 0 Å². The van der Waals surface area contributed by atoms with Gasteiger partial charge in [0.25, 0.3) is 0 Å². The monoisotopic (exact) mass is 433 g/mol. The smallest absolute Gasteiger partial charge is 0.470 e. The van der Waals surface area contributed by atoms with Crippen molar-refractivity contribution in [1.29, 1.82) is 0 Å². The molecule has 13 heavy (non-hydrogen) atoms. The maximum Gasteiger partial charge on any atom is 0.470 e. The molecule has 2 N–H and O–H groups in total. The first-order valence-corrected chi connectivity index (χ1v) is 4.91. The topological polar surface area (TPSA) is 85.2 Å². The van der Waals surface area contributed by atoms with Crippen LogP contribution in [0.1, 0.15) is 0 Å². The Morgan fingerprint density at radius 3 is 2.77 bits per heavy atom. The molecule has 0 aromatic heterocycles. The molecular formula is C5H8O6PU-. The van der Waals surface area contributed by atoms with Crippen LogP contribution in [0, 0.1) is 37.7 Å². The van der Waals surface area contributed by atoms with Crippen molar-refractivity contribution < 1.29 is 59.5 Å². The largest absolute Gasteiger partial charge is 0.544 e. The molecule has 3 unspecified atom stereocenters. The average molecular weight is 433 g/mol. The molecule has 0 spiro atoms. The molecule has 4 atom stereocenters. The van der Waals surface area contributed by atoms with Crippen molar-refractivity contribution in [3.63, 3.8) is 0 Å². The quantitative estimate of drug-likeness (QED) is 0.426. The van der Waals surface area contributed by atoms with E-state index >= 15 is 0 Å². The Bertz CT molecular complexity index is 235. The molecule has 2 fully saturated rings. The van der Waals surface area contributed by atoms with Gasteiger partial charge in [0.2, 0.25) is 0 Å². The molecule has 0 radical (unpaired) electrons. The number of fused-ring (bicyclic) bond motifs is 1. The summed E-state index contributed by atoms with van der Waals surface area (Å²) in [6.07, 6.45) is -1.90. The number of aliphatic hydroxyl groups excluding tert-OH is 1. The number of hydrogen-bond acceptors (Lipinski definition) is 5. The van der Waals surface area contributed by atoms with E-state index in [1.165, 1.54) is 6.61 Å². The third-order valence-corrected chi connectivity index (χ3v) is 2.79. The van der Waals surface area contributed by atoms with Gasteiger partial charge in [-0.3, -0.25) is 4.52 Å². The predicted octanol–water partition coefficient (Wildman–Crippen LogP) is -0.576. The summed E-state index contributed by atoms with van der Waals surface area (Å²) in [5.74, 6) is 0. The zero-order chi connectivity index (χ0) is 8.77. The number of phosphoric acid groups is 1. The van der Waals surface area contributed by atoms with Gasteiger partial charge in [-0.05, 0) is 6.10 Å². The SMILES string of the molecule is O=P1(O)OC2[CH-]O[C@H](CO)C2O1.[U]. The summed E-state index contributed by atoms with van der Waals surface area (Å²) in [7, 11) is -3.89. The fourth-order valence-corrected chi connectivity index (χ4v) is 2.33. The second-order valence-corrected chi connectivity index (χ2v) is 3.96. The van der Waals surface area contributed by atoms with Gasteiger partial charge in [0.05, 0.1) is 18.8 Å². The molecule has 0 aromatic rings. The van der Waals surface area contributed by atoms with Gasteiger partial charge in [-0.25, -0.2) is 4.57 Å². The van der Waals surface area contributed by atoms with Gasteiger partial charge in [-0.2, -0.15) is 6.61 Å². The van der Waals surface area contributed by atoms with Crippen LogP contribution in [0.3, 0.4) is 0 Å². The summed E-state index contributed by atoms with van der Waals surface area (Å²) in [6, 6.07) is 0. The Balaban J connectivity index is 0.000000845. The molecule has 2 rings (SSSR count). The van der Waals surface area contributed by atoms with Crippen LogP contribution in [0.25, 0.3) is 0 Å². The van der Waals surface area contributed by atoms with Crippen LogP contribution in [-0.4, -0.2) is 34.9 Å². The maximum absolute atomic E-state index is 10.8. The number of phosphoric ester groups is 1. The summed E-state index contributed by atoms with van der Waals surface area (Å²) in [4.78, 5) is 8.87. The van der Waals surface area contributed by atoms with Crippen LogP contribution >= 0.6 is 7.82 Å². The molecule has 8 heteroatoms. The van der Waals surface area contributed by atoms with Crippen molar-refractivity contribution in [3.05, 3.63) is 6.61 Å².